The van der Waals surface area contributed by atoms with Gasteiger partial charge in [0.1, 0.15) is 0 Å². The number of benzene rings is 1. The zero-order chi connectivity index (χ0) is 15.0. The Labute approximate surface area is 121 Å². The second-order valence-corrected chi connectivity index (χ2v) is 4.38. The van der Waals surface area contributed by atoms with Gasteiger partial charge in [0.2, 0.25) is 0 Å². The third kappa shape index (κ3) is 5.75. The summed E-state index contributed by atoms with van der Waals surface area (Å²) in [6.07, 6.45) is -3.68. The molecular weight excluding hydrogens is 289 g/mol. The smallest absolute Gasteiger partial charge is 0.382 e. The third-order valence-electron chi connectivity index (χ3n) is 2.44. The summed E-state index contributed by atoms with van der Waals surface area (Å²) in [6, 6.07) is 5.22. The lowest BCUT2D eigenvalue weighted by Crippen LogP contribution is -2.30. The zero-order valence-electron chi connectivity index (χ0n) is 11.1. The van der Waals surface area contributed by atoms with Gasteiger partial charge in [-0.3, -0.25) is 0 Å². The quantitative estimate of drug-likeness (QED) is 0.623. The lowest BCUT2D eigenvalue weighted by Gasteiger charge is -2.15. The molecule has 3 nitrogen and oxygen atoms in total. The van der Waals surface area contributed by atoms with Crippen LogP contribution in [0.15, 0.2) is 24.3 Å². The first-order chi connectivity index (χ1) is 9.45. The Morgan fingerprint density at radius 1 is 1.30 bits per heavy atom. The van der Waals surface area contributed by atoms with Crippen LogP contribution in [0.4, 0.5) is 18.9 Å². The predicted molar refractivity (Wildman–Crippen MR) is 76.8 cm³/mol. The van der Waals surface area contributed by atoms with Crippen molar-refractivity contribution in [3.63, 3.8) is 0 Å². The highest BCUT2D eigenvalue weighted by molar-refractivity contribution is 7.80. The number of thiocarbonyl (C=S) groups is 1. The van der Waals surface area contributed by atoms with E-state index in [0.717, 1.165) is 12.5 Å². The van der Waals surface area contributed by atoms with Crippen molar-refractivity contribution in [2.24, 2.45) is 0 Å². The minimum Gasteiger partial charge on any atom is -0.382 e. The number of nitrogens with one attached hydrogen (secondary N) is 2. The Morgan fingerprint density at radius 2 is 2.00 bits per heavy atom. The fourth-order valence-corrected chi connectivity index (χ4v) is 1.74. The van der Waals surface area contributed by atoms with Gasteiger partial charge in [-0.05, 0) is 37.7 Å². The van der Waals surface area contributed by atoms with Crippen molar-refractivity contribution in [2.75, 3.05) is 25.1 Å². The molecule has 112 valence electrons. The average molecular weight is 306 g/mol. The molecule has 20 heavy (non-hydrogen) atoms. The highest BCUT2D eigenvalue weighted by Crippen LogP contribution is 2.34. The van der Waals surface area contributed by atoms with E-state index in [0.29, 0.717) is 19.8 Å². The topological polar surface area (TPSA) is 33.3 Å². The lowest BCUT2D eigenvalue weighted by atomic mass is 10.1. The van der Waals surface area contributed by atoms with Crippen LogP contribution >= 0.6 is 12.2 Å². The van der Waals surface area contributed by atoms with Crippen LogP contribution in [0.2, 0.25) is 0 Å². The van der Waals surface area contributed by atoms with E-state index in [1.54, 1.807) is 0 Å². The highest BCUT2D eigenvalue weighted by atomic mass is 32.1. The van der Waals surface area contributed by atoms with E-state index >= 15 is 0 Å². The molecule has 1 aromatic carbocycles. The van der Waals surface area contributed by atoms with Gasteiger partial charge in [0.15, 0.2) is 5.11 Å². The van der Waals surface area contributed by atoms with Crippen molar-refractivity contribution >= 4 is 23.0 Å². The Balaban J connectivity index is 2.50. The van der Waals surface area contributed by atoms with Crippen LogP contribution in [0.1, 0.15) is 18.9 Å². The third-order valence-corrected chi connectivity index (χ3v) is 2.68. The summed E-state index contributed by atoms with van der Waals surface area (Å²) in [6.45, 7) is 3.67. The maximum Gasteiger partial charge on any atom is 0.418 e. The molecule has 0 aliphatic rings. The number of hydrogen-bond donors (Lipinski definition) is 2. The van der Waals surface area contributed by atoms with E-state index < -0.39 is 11.7 Å². The van der Waals surface area contributed by atoms with Crippen molar-refractivity contribution in [1.29, 1.82) is 0 Å². The molecule has 0 amide bonds. The summed E-state index contributed by atoms with van der Waals surface area (Å²) in [5.41, 5.74) is -0.791. The molecule has 0 spiro atoms. The molecular formula is C13H17F3N2OS. The number of halogens is 3. The molecule has 0 aliphatic heterocycles. The summed E-state index contributed by atoms with van der Waals surface area (Å²) < 4.78 is 43.5. The Bertz CT molecular complexity index is 438. The number of alkyl halides is 3. The molecule has 0 heterocycles. The fraction of sp³-hybridized carbons (Fsp3) is 0.462. The minimum atomic E-state index is -4.41. The van der Waals surface area contributed by atoms with Gasteiger partial charge in [-0.1, -0.05) is 12.1 Å². The second-order valence-electron chi connectivity index (χ2n) is 3.97. The Morgan fingerprint density at radius 3 is 2.65 bits per heavy atom. The van der Waals surface area contributed by atoms with Crippen molar-refractivity contribution in [3.8, 4) is 0 Å². The first kappa shape index (κ1) is 16.7. The minimum absolute atomic E-state index is 0.0534. The standard InChI is InChI=1S/C13H17F3N2OS/c1-2-19-9-5-8-17-12(20)18-11-7-4-3-6-10(11)13(14,15)16/h3-4,6-7H,2,5,8-9H2,1H3,(H2,17,18,20). The summed E-state index contributed by atoms with van der Waals surface area (Å²) in [5.74, 6) is 0. The summed E-state index contributed by atoms with van der Waals surface area (Å²) in [7, 11) is 0. The van der Waals surface area contributed by atoms with Gasteiger partial charge in [0.05, 0.1) is 11.3 Å². The van der Waals surface area contributed by atoms with Crippen LogP contribution in [0.3, 0.4) is 0 Å². The van der Waals surface area contributed by atoms with E-state index in [-0.39, 0.29) is 10.8 Å². The molecule has 0 saturated heterocycles. The monoisotopic (exact) mass is 306 g/mol. The van der Waals surface area contributed by atoms with Crippen LogP contribution in [0.5, 0.6) is 0 Å². The van der Waals surface area contributed by atoms with Crippen molar-refractivity contribution < 1.29 is 17.9 Å². The predicted octanol–water partition coefficient (Wildman–Crippen LogP) is 3.42. The number of para-hydroxylation sites is 1. The molecule has 0 aliphatic carbocycles. The molecule has 0 radical (unpaired) electrons. The molecule has 0 aromatic heterocycles. The van der Waals surface area contributed by atoms with Crippen LogP contribution < -0.4 is 10.6 Å². The molecule has 0 bridgehead atoms. The van der Waals surface area contributed by atoms with E-state index in [2.05, 4.69) is 10.6 Å². The van der Waals surface area contributed by atoms with E-state index in [4.69, 9.17) is 17.0 Å². The summed E-state index contributed by atoms with van der Waals surface area (Å²) in [4.78, 5) is 0. The highest BCUT2D eigenvalue weighted by Gasteiger charge is 2.33. The van der Waals surface area contributed by atoms with E-state index in [1.165, 1.54) is 18.2 Å². The molecule has 0 atom stereocenters. The normalized spacial score (nSPS) is 11.2. The molecule has 0 fully saturated rings. The lowest BCUT2D eigenvalue weighted by molar-refractivity contribution is -0.136. The van der Waals surface area contributed by atoms with Gasteiger partial charge in [-0.15, -0.1) is 0 Å². The maximum atomic E-state index is 12.8. The van der Waals surface area contributed by atoms with E-state index in [1.807, 2.05) is 6.92 Å². The maximum absolute atomic E-state index is 12.8. The molecule has 0 saturated carbocycles. The van der Waals surface area contributed by atoms with Crippen molar-refractivity contribution in [3.05, 3.63) is 29.8 Å². The Hall–Kier alpha value is -1.34. The van der Waals surface area contributed by atoms with Crippen LogP contribution in [-0.4, -0.2) is 24.9 Å². The fourth-order valence-electron chi connectivity index (χ4n) is 1.53. The van der Waals surface area contributed by atoms with E-state index in [9.17, 15) is 13.2 Å². The van der Waals surface area contributed by atoms with Gasteiger partial charge in [-0.25, -0.2) is 0 Å². The van der Waals surface area contributed by atoms with Crippen LogP contribution in [0, 0.1) is 0 Å². The van der Waals surface area contributed by atoms with Gasteiger partial charge >= 0.3 is 6.18 Å². The largest absolute Gasteiger partial charge is 0.418 e. The summed E-state index contributed by atoms with van der Waals surface area (Å²) >= 11 is 4.97. The van der Waals surface area contributed by atoms with Gasteiger partial charge in [-0.2, -0.15) is 13.2 Å². The number of anilines is 1. The first-order valence-corrected chi connectivity index (χ1v) is 6.64. The zero-order valence-corrected chi connectivity index (χ0v) is 11.9. The molecule has 0 unspecified atom stereocenters. The second kappa shape index (κ2) is 8.06. The SMILES string of the molecule is CCOCCCNC(=S)Nc1ccccc1C(F)(F)F. The Kier molecular flexibility index (Phi) is 6.74. The summed E-state index contributed by atoms with van der Waals surface area (Å²) in [5, 5.41) is 5.57. The van der Waals surface area contributed by atoms with Gasteiger partial charge in [0, 0.05) is 19.8 Å². The van der Waals surface area contributed by atoms with Gasteiger partial charge < -0.3 is 15.4 Å². The van der Waals surface area contributed by atoms with Crippen molar-refractivity contribution in [1.82, 2.24) is 5.32 Å². The number of rotatable bonds is 6. The average Bonchev–Trinajstić information content (AvgIpc) is 2.38. The van der Waals surface area contributed by atoms with Crippen molar-refractivity contribution in [2.45, 2.75) is 19.5 Å². The molecule has 2 N–H and O–H groups in total. The molecule has 1 rings (SSSR count). The van der Waals surface area contributed by atoms with Crippen LogP contribution in [0.25, 0.3) is 0 Å². The van der Waals surface area contributed by atoms with Gasteiger partial charge in [0.25, 0.3) is 0 Å². The number of ether oxygens (including phenoxy) is 1. The van der Waals surface area contributed by atoms with Crippen LogP contribution in [-0.2, 0) is 10.9 Å². The molecule has 7 heteroatoms. The number of hydrogen-bond acceptors (Lipinski definition) is 2. The first-order valence-electron chi connectivity index (χ1n) is 6.24. The molecule has 1 aromatic rings.